The number of halogens is 1. The predicted molar refractivity (Wildman–Crippen MR) is 66.1 cm³/mol. The molecule has 0 saturated heterocycles. The molecule has 0 saturated carbocycles. The normalized spacial score (nSPS) is 10.2. The third kappa shape index (κ3) is 2.62. The summed E-state index contributed by atoms with van der Waals surface area (Å²) in [6.45, 7) is 0.544. The monoisotopic (exact) mass is 250 g/mol. The van der Waals surface area contributed by atoms with E-state index in [2.05, 4.69) is 15.4 Å². The first-order valence-electron chi connectivity index (χ1n) is 5.03. The first kappa shape index (κ1) is 11.6. The van der Waals surface area contributed by atoms with E-state index in [0.29, 0.717) is 12.2 Å². The van der Waals surface area contributed by atoms with Crippen LogP contribution in [-0.4, -0.2) is 14.8 Å². The van der Waals surface area contributed by atoms with Crippen molar-refractivity contribution in [1.82, 2.24) is 14.8 Å². The molecule has 6 heteroatoms. The van der Waals surface area contributed by atoms with E-state index in [4.69, 9.17) is 11.6 Å². The van der Waals surface area contributed by atoms with Gasteiger partial charge in [0.15, 0.2) is 0 Å². The van der Waals surface area contributed by atoms with Crippen molar-refractivity contribution in [2.75, 3.05) is 5.32 Å². The van der Waals surface area contributed by atoms with Gasteiger partial charge >= 0.3 is 0 Å². The summed E-state index contributed by atoms with van der Waals surface area (Å²) in [5.74, 6) is 0. The Morgan fingerprint density at radius 3 is 3.00 bits per heavy atom. The van der Waals surface area contributed by atoms with Crippen molar-refractivity contribution < 1.29 is 0 Å². The van der Waals surface area contributed by atoms with Crippen LogP contribution in [0.4, 0.5) is 5.69 Å². The number of nitrogens with zero attached hydrogens (tertiary/aromatic N) is 3. The molecule has 0 atom stereocenters. The van der Waals surface area contributed by atoms with Crippen molar-refractivity contribution >= 4 is 17.3 Å². The number of rotatable bonds is 3. The molecule has 0 amide bonds. The van der Waals surface area contributed by atoms with Crippen molar-refractivity contribution in [3.05, 3.63) is 51.7 Å². The van der Waals surface area contributed by atoms with E-state index in [-0.39, 0.29) is 10.6 Å². The molecule has 2 aromatic heterocycles. The smallest absolute Gasteiger partial charge is 0.287 e. The highest BCUT2D eigenvalue weighted by Gasteiger charge is 2.06. The maximum atomic E-state index is 11.5. The summed E-state index contributed by atoms with van der Waals surface area (Å²) in [5.41, 5.74) is 1.21. The summed E-state index contributed by atoms with van der Waals surface area (Å²) in [6.07, 6.45) is 4.98. The number of aryl methyl sites for hydroxylation is 1. The number of hydrogen-bond donors (Lipinski definition) is 1. The summed E-state index contributed by atoms with van der Waals surface area (Å²) in [4.78, 5) is 15.5. The second-order valence-corrected chi connectivity index (χ2v) is 3.89. The Balaban J connectivity index is 2.15. The number of aromatic nitrogens is 3. The van der Waals surface area contributed by atoms with Crippen LogP contribution in [0.15, 0.2) is 35.5 Å². The summed E-state index contributed by atoms with van der Waals surface area (Å²) in [7, 11) is 1.55. The van der Waals surface area contributed by atoms with Crippen molar-refractivity contribution in [2.45, 2.75) is 6.54 Å². The number of nitrogens with one attached hydrogen (secondary N) is 1. The van der Waals surface area contributed by atoms with E-state index in [1.165, 1.54) is 10.9 Å². The second-order valence-electron chi connectivity index (χ2n) is 3.52. The van der Waals surface area contributed by atoms with Gasteiger partial charge in [-0.15, -0.1) is 0 Å². The van der Waals surface area contributed by atoms with E-state index in [9.17, 15) is 4.79 Å². The maximum absolute atomic E-state index is 11.5. The molecule has 88 valence electrons. The van der Waals surface area contributed by atoms with Gasteiger partial charge in [0.05, 0.1) is 11.9 Å². The third-order valence-electron chi connectivity index (χ3n) is 2.28. The standard InChI is InChI=1S/C11H11ClN4O/c1-16-11(17)10(12)9(7-15-16)14-6-8-3-2-4-13-5-8/h2-5,7,14H,6H2,1H3. The van der Waals surface area contributed by atoms with Crippen molar-refractivity contribution in [3.63, 3.8) is 0 Å². The third-order valence-corrected chi connectivity index (χ3v) is 2.65. The quantitative estimate of drug-likeness (QED) is 0.896. The predicted octanol–water partition coefficient (Wildman–Crippen LogP) is 1.44. The first-order valence-corrected chi connectivity index (χ1v) is 5.41. The number of pyridine rings is 1. The average Bonchev–Trinajstić information content (AvgIpc) is 2.36. The highest BCUT2D eigenvalue weighted by Crippen LogP contribution is 2.15. The van der Waals surface area contributed by atoms with Gasteiger partial charge in [0.25, 0.3) is 5.56 Å². The van der Waals surface area contributed by atoms with Gasteiger partial charge in [-0.05, 0) is 11.6 Å². The van der Waals surface area contributed by atoms with Gasteiger partial charge in [-0.25, -0.2) is 4.68 Å². The zero-order chi connectivity index (χ0) is 12.3. The summed E-state index contributed by atoms with van der Waals surface area (Å²) >= 11 is 5.91. The van der Waals surface area contributed by atoms with Crippen LogP contribution in [0.5, 0.6) is 0 Å². The van der Waals surface area contributed by atoms with Gasteiger partial charge < -0.3 is 5.32 Å². The van der Waals surface area contributed by atoms with Crippen molar-refractivity contribution in [2.24, 2.45) is 7.05 Å². The molecule has 0 aliphatic rings. The largest absolute Gasteiger partial charge is 0.378 e. The zero-order valence-corrected chi connectivity index (χ0v) is 9.98. The summed E-state index contributed by atoms with van der Waals surface area (Å²) < 4.78 is 1.19. The molecule has 0 aliphatic heterocycles. The van der Waals surface area contributed by atoms with Gasteiger partial charge in [0.1, 0.15) is 5.02 Å². The van der Waals surface area contributed by atoms with Crippen LogP contribution in [0.2, 0.25) is 5.02 Å². The Hall–Kier alpha value is -1.88. The average molecular weight is 251 g/mol. The van der Waals surface area contributed by atoms with Crippen LogP contribution in [0.1, 0.15) is 5.56 Å². The van der Waals surface area contributed by atoms with Crippen LogP contribution < -0.4 is 10.9 Å². The first-order chi connectivity index (χ1) is 8.18. The molecular weight excluding hydrogens is 240 g/mol. The molecule has 5 nitrogen and oxygen atoms in total. The molecule has 1 N–H and O–H groups in total. The van der Waals surface area contributed by atoms with Crippen LogP contribution in [-0.2, 0) is 13.6 Å². The number of hydrogen-bond acceptors (Lipinski definition) is 4. The molecule has 2 aromatic rings. The maximum Gasteiger partial charge on any atom is 0.287 e. The zero-order valence-electron chi connectivity index (χ0n) is 9.22. The fourth-order valence-corrected chi connectivity index (χ4v) is 1.57. The fraction of sp³-hybridized carbons (Fsp3) is 0.182. The van der Waals surface area contributed by atoms with Crippen molar-refractivity contribution in [1.29, 1.82) is 0 Å². The van der Waals surface area contributed by atoms with Crippen LogP contribution in [0.25, 0.3) is 0 Å². The molecule has 0 radical (unpaired) electrons. The lowest BCUT2D eigenvalue weighted by Crippen LogP contribution is -2.21. The van der Waals surface area contributed by atoms with Gasteiger partial charge in [-0.2, -0.15) is 5.10 Å². The van der Waals surface area contributed by atoms with Gasteiger partial charge in [0.2, 0.25) is 0 Å². The second kappa shape index (κ2) is 4.97. The molecule has 0 fully saturated rings. The highest BCUT2D eigenvalue weighted by atomic mass is 35.5. The van der Waals surface area contributed by atoms with Gasteiger partial charge in [-0.3, -0.25) is 9.78 Å². The van der Waals surface area contributed by atoms with Crippen LogP contribution in [0, 0.1) is 0 Å². The fourth-order valence-electron chi connectivity index (χ4n) is 1.33. The van der Waals surface area contributed by atoms with E-state index >= 15 is 0 Å². The van der Waals surface area contributed by atoms with Gasteiger partial charge in [-0.1, -0.05) is 17.7 Å². The topological polar surface area (TPSA) is 59.8 Å². The Morgan fingerprint density at radius 1 is 1.47 bits per heavy atom. The molecule has 0 aromatic carbocycles. The Labute approximate surface area is 103 Å². The lowest BCUT2D eigenvalue weighted by molar-refractivity contribution is 0.708. The molecule has 0 spiro atoms. The number of anilines is 1. The molecule has 17 heavy (non-hydrogen) atoms. The van der Waals surface area contributed by atoms with Gasteiger partial charge in [0, 0.05) is 26.0 Å². The van der Waals surface area contributed by atoms with Crippen LogP contribution >= 0.6 is 11.6 Å². The van der Waals surface area contributed by atoms with E-state index in [1.54, 1.807) is 19.4 Å². The molecule has 2 rings (SSSR count). The Bertz CT molecular complexity index is 567. The van der Waals surface area contributed by atoms with E-state index in [0.717, 1.165) is 5.56 Å². The SMILES string of the molecule is Cn1ncc(NCc2cccnc2)c(Cl)c1=O. The Morgan fingerprint density at radius 2 is 2.29 bits per heavy atom. The molecule has 2 heterocycles. The molecule has 0 bridgehead atoms. The minimum atomic E-state index is -0.317. The minimum Gasteiger partial charge on any atom is -0.378 e. The van der Waals surface area contributed by atoms with E-state index < -0.39 is 0 Å². The highest BCUT2D eigenvalue weighted by molar-refractivity contribution is 6.32. The van der Waals surface area contributed by atoms with Crippen molar-refractivity contribution in [3.8, 4) is 0 Å². The summed E-state index contributed by atoms with van der Waals surface area (Å²) in [5, 5.41) is 7.09. The van der Waals surface area contributed by atoms with E-state index in [1.807, 2.05) is 12.1 Å². The molecule has 0 aliphatic carbocycles. The molecular formula is C11H11ClN4O. The lowest BCUT2D eigenvalue weighted by Gasteiger charge is -2.07. The minimum absolute atomic E-state index is 0.145. The molecule has 0 unspecified atom stereocenters. The summed E-state index contributed by atoms with van der Waals surface area (Å²) in [6, 6.07) is 3.78. The van der Waals surface area contributed by atoms with Crippen LogP contribution in [0.3, 0.4) is 0 Å². The lowest BCUT2D eigenvalue weighted by atomic mass is 10.3. The Kier molecular flexibility index (Phi) is 3.39.